The molecule has 1 aromatic carbocycles. The second-order valence-electron chi connectivity index (χ2n) is 8.51. The fourth-order valence-corrected chi connectivity index (χ4v) is 5.23. The minimum atomic E-state index is -4.14. The summed E-state index contributed by atoms with van der Waals surface area (Å²) in [6.07, 6.45) is 0.509. The summed E-state index contributed by atoms with van der Waals surface area (Å²) < 4.78 is 39.6. The van der Waals surface area contributed by atoms with Crippen LogP contribution in [-0.2, 0) is 11.4 Å². The standard InChI is InChI=1S/C23H24F3N7OS/c24-23(25,26)13-32-7-5-16(6-8-32)15-1-3-18(4-2-15)31-21-22-29-14-30-33(22)20(10-28-21)17-9-19(11-34-27)35-12-17/h1-4,9-10,12,14,16H,5-8,11,13,27H2,(H,28,31). The van der Waals surface area contributed by atoms with Crippen molar-refractivity contribution in [2.75, 3.05) is 25.0 Å². The van der Waals surface area contributed by atoms with Gasteiger partial charge >= 0.3 is 6.18 Å². The predicted molar refractivity (Wildman–Crippen MR) is 127 cm³/mol. The average molecular weight is 504 g/mol. The van der Waals surface area contributed by atoms with Crippen molar-refractivity contribution in [2.45, 2.75) is 31.5 Å². The molecule has 0 amide bonds. The first kappa shape index (κ1) is 23.7. The number of alkyl halides is 3. The number of hydrogen-bond acceptors (Lipinski definition) is 8. The molecule has 4 heterocycles. The summed E-state index contributed by atoms with van der Waals surface area (Å²) in [4.78, 5) is 16.1. The van der Waals surface area contributed by atoms with Gasteiger partial charge in [0, 0.05) is 21.5 Å². The monoisotopic (exact) mass is 503 g/mol. The van der Waals surface area contributed by atoms with Gasteiger partial charge in [0.05, 0.1) is 18.4 Å². The number of aromatic nitrogens is 4. The molecule has 12 heteroatoms. The van der Waals surface area contributed by atoms with Gasteiger partial charge in [0.1, 0.15) is 12.9 Å². The Morgan fingerprint density at radius 2 is 1.91 bits per heavy atom. The molecule has 0 atom stereocenters. The number of nitrogens with one attached hydrogen (secondary N) is 1. The summed E-state index contributed by atoms with van der Waals surface area (Å²) in [5, 5.41) is 9.65. The topological polar surface area (TPSA) is 93.6 Å². The molecule has 8 nitrogen and oxygen atoms in total. The molecule has 0 radical (unpaired) electrons. The van der Waals surface area contributed by atoms with Gasteiger partial charge in [0.2, 0.25) is 0 Å². The van der Waals surface area contributed by atoms with Crippen LogP contribution in [0.3, 0.4) is 0 Å². The number of anilines is 2. The number of hydrogen-bond donors (Lipinski definition) is 2. The minimum absolute atomic E-state index is 0.259. The summed E-state index contributed by atoms with van der Waals surface area (Å²) in [6, 6.07) is 9.94. The molecule has 1 saturated heterocycles. The molecule has 35 heavy (non-hydrogen) atoms. The van der Waals surface area contributed by atoms with E-state index in [-0.39, 0.29) is 5.92 Å². The Morgan fingerprint density at radius 1 is 1.14 bits per heavy atom. The van der Waals surface area contributed by atoms with Gasteiger partial charge in [-0.3, -0.25) is 9.74 Å². The van der Waals surface area contributed by atoms with Crippen molar-refractivity contribution in [3.63, 3.8) is 0 Å². The van der Waals surface area contributed by atoms with Crippen LogP contribution in [0.25, 0.3) is 16.9 Å². The number of rotatable bonds is 7. The van der Waals surface area contributed by atoms with E-state index in [9.17, 15) is 13.2 Å². The van der Waals surface area contributed by atoms with Crippen LogP contribution >= 0.6 is 11.3 Å². The molecule has 184 valence electrons. The van der Waals surface area contributed by atoms with E-state index in [2.05, 4.69) is 20.4 Å². The maximum Gasteiger partial charge on any atom is 0.401 e. The Kier molecular flexibility index (Phi) is 6.69. The highest BCUT2D eigenvalue weighted by Gasteiger charge is 2.32. The first-order valence-corrected chi connectivity index (χ1v) is 12.0. The molecule has 1 aliphatic heterocycles. The van der Waals surface area contributed by atoms with Gasteiger partial charge in [0.15, 0.2) is 11.5 Å². The fourth-order valence-electron chi connectivity index (χ4n) is 4.43. The molecular formula is C23H24F3N7OS. The van der Waals surface area contributed by atoms with Crippen molar-refractivity contribution in [1.29, 1.82) is 0 Å². The van der Waals surface area contributed by atoms with Gasteiger partial charge in [-0.2, -0.15) is 18.3 Å². The van der Waals surface area contributed by atoms with E-state index in [4.69, 9.17) is 10.7 Å². The molecular weight excluding hydrogens is 479 g/mol. The Morgan fingerprint density at radius 3 is 2.63 bits per heavy atom. The Balaban J connectivity index is 1.27. The van der Waals surface area contributed by atoms with Crippen LogP contribution in [0.5, 0.6) is 0 Å². The van der Waals surface area contributed by atoms with E-state index in [1.54, 1.807) is 10.7 Å². The number of likely N-dealkylation sites (tertiary alicyclic amines) is 1. The highest BCUT2D eigenvalue weighted by atomic mass is 32.1. The smallest absolute Gasteiger partial charge is 0.337 e. The zero-order valence-corrected chi connectivity index (χ0v) is 19.5. The summed E-state index contributed by atoms with van der Waals surface area (Å²) in [7, 11) is 0. The highest BCUT2D eigenvalue weighted by molar-refractivity contribution is 7.10. The number of thiophene rings is 1. The first-order chi connectivity index (χ1) is 16.9. The summed E-state index contributed by atoms with van der Waals surface area (Å²) >= 11 is 1.54. The van der Waals surface area contributed by atoms with Gasteiger partial charge in [0.25, 0.3) is 0 Å². The van der Waals surface area contributed by atoms with E-state index in [0.29, 0.717) is 44.0 Å². The Bertz CT molecular complexity index is 1280. The number of nitrogens with zero attached hydrogens (tertiary/aromatic N) is 5. The fraction of sp³-hybridized carbons (Fsp3) is 0.348. The van der Waals surface area contributed by atoms with Crippen molar-refractivity contribution < 1.29 is 18.0 Å². The van der Waals surface area contributed by atoms with Gasteiger partial charge in [-0.1, -0.05) is 12.1 Å². The van der Waals surface area contributed by atoms with Crippen LogP contribution in [0.1, 0.15) is 29.2 Å². The zero-order chi connectivity index (χ0) is 24.4. The van der Waals surface area contributed by atoms with Gasteiger partial charge in [-0.05, 0) is 55.6 Å². The third-order valence-electron chi connectivity index (χ3n) is 6.11. The van der Waals surface area contributed by atoms with Crippen molar-refractivity contribution >= 4 is 28.5 Å². The maximum atomic E-state index is 12.6. The van der Waals surface area contributed by atoms with E-state index < -0.39 is 12.7 Å². The molecule has 0 unspecified atom stereocenters. The number of fused-ring (bicyclic) bond motifs is 1. The van der Waals surface area contributed by atoms with Crippen molar-refractivity contribution in [3.05, 3.63) is 58.7 Å². The van der Waals surface area contributed by atoms with Gasteiger partial charge < -0.3 is 5.32 Å². The number of nitrogens with two attached hydrogens (primary N) is 1. The van der Waals surface area contributed by atoms with Gasteiger partial charge in [-0.15, -0.1) is 11.3 Å². The van der Waals surface area contributed by atoms with Crippen LogP contribution in [0.4, 0.5) is 24.7 Å². The first-order valence-electron chi connectivity index (χ1n) is 11.1. The van der Waals surface area contributed by atoms with Crippen LogP contribution in [-0.4, -0.2) is 50.3 Å². The number of benzene rings is 1. The summed E-state index contributed by atoms with van der Waals surface area (Å²) in [5.74, 6) is 6.00. The lowest BCUT2D eigenvalue weighted by atomic mass is 9.89. The minimum Gasteiger partial charge on any atom is -0.337 e. The molecule has 3 N–H and O–H groups in total. The van der Waals surface area contributed by atoms with E-state index in [0.717, 1.165) is 27.4 Å². The third-order valence-corrected chi connectivity index (χ3v) is 7.02. The van der Waals surface area contributed by atoms with E-state index >= 15 is 0 Å². The van der Waals surface area contributed by atoms with Crippen LogP contribution in [0, 0.1) is 0 Å². The largest absolute Gasteiger partial charge is 0.401 e. The molecule has 0 bridgehead atoms. The molecule has 4 aromatic rings. The highest BCUT2D eigenvalue weighted by Crippen LogP contribution is 2.32. The van der Waals surface area contributed by atoms with Crippen LogP contribution in [0.15, 0.2) is 48.2 Å². The molecule has 0 saturated carbocycles. The number of piperidine rings is 1. The average Bonchev–Trinajstić information content (AvgIpc) is 3.50. The normalized spacial score (nSPS) is 15.7. The lowest BCUT2D eigenvalue weighted by Gasteiger charge is -2.32. The molecule has 0 aliphatic carbocycles. The molecule has 3 aromatic heterocycles. The Hall–Kier alpha value is -3.06. The van der Waals surface area contributed by atoms with E-state index in [1.807, 2.05) is 35.7 Å². The molecule has 5 rings (SSSR count). The molecule has 1 aliphatic rings. The lowest BCUT2D eigenvalue weighted by Crippen LogP contribution is -2.39. The lowest BCUT2D eigenvalue weighted by molar-refractivity contribution is -0.147. The second-order valence-corrected chi connectivity index (χ2v) is 9.51. The van der Waals surface area contributed by atoms with Crippen molar-refractivity contribution in [2.24, 2.45) is 5.90 Å². The summed E-state index contributed by atoms with van der Waals surface area (Å²) in [6.45, 7) is 0.411. The molecule has 1 fully saturated rings. The maximum absolute atomic E-state index is 12.6. The summed E-state index contributed by atoms with van der Waals surface area (Å²) in [5.41, 5.74) is 4.31. The van der Waals surface area contributed by atoms with Crippen LogP contribution in [0.2, 0.25) is 0 Å². The Labute approximate surface area is 203 Å². The van der Waals surface area contributed by atoms with Crippen LogP contribution < -0.4 is 11.2 Å². The second kappa shape index (κ2) is 9.90. The number of halogens is 3. The quantitative estimate of drug-likeness (QED) is 0.352. The van der Waals surface area contributed by atoms with Gasteiger partial charge in [-0.25, -0.2) is 20.4 Å². The SMILES string of the molecule is NOCc1cc(-c2cnc(Nc3ccc(C4CCN(CC(F)(F)F)CC4)cc3)c3ncnn23)cs1. The van der Waals surface area contributed by atoms with Crippen molar-refractivity contribution in [1.82, 2.24) is 24.5 Å². The van der Waals surface area contributed by atoms with E-state index in [1.165, 1.54) is 22.6 Å². The zero-order valence-electron chi connectivity index (χ0n) is 18.7. The third kappa shape index (κ3) is 5.45. The predicted octanol–water partition coefficient (Wildman–Crippen LogP) is 4.73. The molecule has 0 spiro atoms. The van der Waals surface area contributed by atoms with Crippen molar-refractivity contribution in [3.8, 4) is 11.3 Å².